The van der Waals surface area contributed by atoms with Crippen LogP contribution in [0.15, 0.2) is 52.1 Å². The summed E-state index contributed by atoms with van der Waals surface area (Å²) >= 11 is 5.87. The molecule has 31 heavy (non-hydrogen) atoms. The van der Waals surface area contributed by atoms with Gasteiger partial charge >= 0.3 is 0 Å². The minimum Gasteiger partial charge on any atom is -0.362 e. The second-order valence-electron chi connectivity index (χ2n) is 7.14. The first-order valence-corrected chi connectivity index (χ1v) is 9.91. The number of rotatable bonds is 4. The number of carbonyl (C=O) groups is 1. The number of piperazine rings is 1. The number of halogens is 1. The third-order valence-electron chi connectivity index (χ3n) is 5.28. The summed E-state index contributed by atoms with van der Waals surface area (Å²) in [4.78, 5) is 51.8. The maximum absolute atomic E-state index is 12.7. The highest BCUT2D eigenvalue weighted by Gasteiger charge is 2.26. The van der Waals surface area contributed by atoms with Gasteiger partial charge in [-0.25, -0.2) is 4.68 Å². The van der Waals surface area contributed by atoms with Crippen molar-refractivity contribution in [3.05, 3.63) is 78.3 Å². The van der Waals surface area contributed by atoms with Crippen LogP contribution in [0.25, 0.3) is 10.8 Å². The number of fused-ring (bicyclic) bond motifs is 1. The predicted octanol–water partition coefficient (Wildman–Crippen LogP) is 1.60. The molecule has 1 N–H and O–H groups in total. The molecule has 2 aromatic carbocycles. The molecule has 11 heteroatoms. The van der Waals surface area contributed by atoms with Crippen molar-refractivity contribution in [3.63, 3.8) is 0 Å². The number of nitro groups is 1. The number of amides is 1. The van der Waals surface area contributed by atoms with Crippen molar-refractivity contribution >= 4 is 39.7 Å². The van der Waals surface area contributed by atoms with Crippen LogP contribution >= 0.6 is 11.6 Å². The van der Waals surface area contributed by atoms with Gasteiger partial charge in [0.2, 0.25) is 5.91 Å². The molecule has 0 atom stereocenters. The summed E-state index contributed by atoms with van der Waals surface area (Å²) in [6, 6.07) is 10.9. The van der Waals surface area contributed by atoms with Crippen LogP contribution in [0.3, 0.4) is 0 Å². The lowest BCUT2D eigenvalue weighted by atomic mass is 10.2. The zero-order chi connectivity index (χ0) is 22.1. The van der Waals surface area contributed by atoms with Crippen LogP contribution in [0.1, 0.15) is 0 Å². The van der Waals surface area contributed by atoms with Crippen LogP contribution < -0.4 is 16.0 Å². The Balaban J connectivity index is 1.48. The summed E-state index contributed by atoms with van der Waals surface area (Å²) < 4.78 is 1.02. The molecule has 1 amide bonds. The van der Waals surface area contributed by atoms with Crippen molar-refractivity contribution in [3.8, 4) is 0 Å². The summed E-state index contributed by atoms with van der Waals surface area (Å²) in [7, 11) is 0. The largest absolute Gasteiger partial charge is 0.362 e. The highest BCUT2D eigenvalue weighted by Crippen LogP contribution is 2.31. The fourth-order valence-electron chi connectivity index (χ4n) is 3.70. The highest BCUT2D eigenvalue weighted by atomic mass is 35.5. The Bertz CT molecular complexity index is 1290. The van der Waals surface area contributed by atoms with Crippen LogP contribution in [-0.2, 0) is 11.3 Å². The van der Waals surface area contributed by atoms with Gasteiger partial charge in [0.05, 0.1) is 15.7 Å². The Morgan fingerprint density at radius 1 is 1.06 bits per heavy atom. The SMILES string of the molecule is O=C(Cn1[nH]c(=O)c2ccccc2c1=O)N1CCN(c2ccc(Cl)cc2[N+](=O)[O-])CC1. The van der Waals surface area contributed by atoms with Gasteiger partial charge in [-0.15, -0.1) is 0 Å². The third kappa shape index (κ3) is 4.02. The molecular weight excluding hydrogens is 426 g/mol. The smallest absolute Gasteiger partial charge is 0.294 e. The first-order valence-electron chi connectivity index (χ1n) is 9.53. The van der Waals surface area contributed by atoms with Gasteiger partial charge < -0.3 is 9.80 Å². The molecule has 0 bridgehead atoms. The zero-order valence-corrected chi connectivity index (χ0v) is 17.0. The molecule has 0 radical (unpaired) electrons. The van der Waals surface area contributed by atoms with E-state index < -0.39 is 16.0 Å². The average Bonchev–Trinajstić information content (AvgIpc) is 2.77. The normalized spacial score (nSPS) is 14.1. The van der Waals surface area contributed by atoms with E-state index in [1.165, 1.54) is 6.07 Å². The molecule has 0 unspecified atom stereocenters. The molecule has 10 nitrogen and oxygen atoms in total. The molecule has 3 aromatic rings. The number of hydrogen-bond donors (Lipinski definition) is 1. The van der Waals surface area contributed by atoms with Crippen molar-refractivity contribution in [1.82, 2.24) is 14.7 Å². The van der Waals surface area contributed by atoms with Crippen LogP contribution in [0.2, 0.25) is 5.02 Å². The van der Waals surface area contributed by atoms with Crippen molar-refractivity contribution < 1.29 is 9.72 Å². The molecule has 4 rings (SSSR count). The lowest BCUT2D eigenvalue weighted by molar-refractivity contribution is -0.384. The minimum absolute atomic E-state index is 0.0902. The van der Waals surface area contributed by atoms with Gasteiger partial charge in [-0.1, -0.05) is 23.7 Å². The quantitative estimate of drug-likeness (QED) is 0.483. The van der Waals surface area contributed by atoms with Crippen molar-refractivity contribution in [2.45, 2.75) is 6.54 Å². The topological polar surface area (TPSA) is 122 Å². The minimum atomic E-state index is -0.485. The first kappa shape index (κ1) is 20.6. The highest BCUT2D eigenvalue weighted by molar-refractivity contribution is 6.30. The molecule has 0 saturated carbocycles. The molecule has 0 spiro atoms. The Morgan fingerprint density at radius 3 is 2.42 bits per heavy atom. The number of aromatic amines is 1. The van der Waals surface area contributed by atoms with Gasteiger partial charge in [-0.3, -0.25) is 29.6 Å². The average molecular weight is 444 g/mol. The fraction of sp³-hybridized carbons (Fsp3) is 0.250. The van der Waals surface area contributed by atoms with Gasteiger partial charge in [0.1, 0.15) is 12.2 Å². The molecule has 1 aromatic heterocycles. The number of anilines is 1. The van der Waals surface area contributed by atoms with Crippen LogP contribution in [0.4, 0.5) is 11.4 Å². The first-order chi connectivity index (χ1) is 14.8. The van der Waals surface area contributed by atoms with E-state index in [4.69, 9.17) is 11.6 Å². The number of benzene rings is 2. The Morgan fingerprint density at radius 2 is 1.74 bits per heavy atom. The summed E-state index contributed by atoms with van der Waals surface area (Å²) in [5.41, 5.74) is -0.536. The maximum Gasteiger partial charge on any atom is 0.294 e. The van der Waals surface area contributed by atoms with Crippen molar-refractivity contribution in [1.29, 1.82) is 0 Å². The van der Waals surface area contributed by atoms with Gasteiger partial charge in [0, 0.05) is 37.3 Å². The van der Waals surface area contributed by atoms with Gasteiger partial charge in [-0.2, -0.15) is 0 Å². The van der Waals surface area contributed by atoms with Crippen molar-refractivity contribution in [2.24, 2.45) is 0 Å². The molecular formula is C20H18ClN5O5. The second kappa shape index (κ2) is 8.23. The van der Waals surface area contributed by atoms with Gasteiger partial charge in [-0.05, 0) is 24.3 Å². The molecule has 1 aliphatic heterocycles. The summed E-state index contributed by atoms with van der Waals surface area (Å²) in [5, 5.41) is 14.6. The summed E-state index contributed by atoms with van der Waals surface area (Å²) in [6.07, 6.45) is 0. The lowest BCUT2D eigenvalue weighted by Gasteiger charge is -2.35. The van der Waals surface area contributed by atoms with E-state index in [1.807, 2.05) is 4.90 Å². The Labute approximate surface area is 180 Å². The number of aromatic nitrogens is 2. The predicted molar refractivity (Wildman–Crippen MR) is 116 cm³/mol. The number of nitrogens with zero attached hydrogens (tertiary/aromatic N) is 4. The molecule has 1 saturated heterocycles. The van der Waals surface area contributed by atoms with Crippen LogP contribution in [-0.4, -0.2) is 51.7 Å². The Kier molecular flexibility index (Phi) is 5.47. The molecule has 160 valence electrons. The monoisotopic (exact) mass is 443 g/mol. The van der Waals surface area contributed by atoms with Gasteiger partial charge in [0.15, 0.2) is 0 Å². The van der Waals surface area contributed by atoms with E-state index in [9.17, 15) is 24.5 Å². The number of hydrogen-bond acceptors (Lipinski definition) is 6. The number of H-pyrrole nitrogens is 1. The van der Waals surface area contributed by atoms with Gasteiger partial charge in [0.25, 0.3) is 16.8 Å². The number of nitro benzene ring substituents is 1. The van der Waals surface area contributed by atoms with Crippen molar-refractivity contribution in [2.75, 3.05) is 31.1 Å². The lowest BCUT2D eigenvalue weighted by Crippen LogP contribution is -2.50. The summed E-state index contributed by atoms with van der Waals surface area (Å²) in [6.45, 7) is 1.13. The molecule has 2 heterocycles. The van der Waals surface area contributed by atoms with E-state index in [-0.39, 0.29) is 33.9 Å². The molecule has 1 aliphatic rings. The second-order valence-corrected chi connectivity index (χ2v) is 7.57. The third-order valence-corrected chi connectivity index (χ3v) is 5.52. The van der Waals surface area contributed by atoms with Crippen LogP contribution in [0.5, 0.6) is 0 Å². The standard InChI is InChI=1S/C20H18ClN5O5/c21-13-5-6-16(17(11-13)26(30)31)23-7-9-24(10-8-23)18(27)12-25-20(29)15-4-2-1-3-14(15)19(28)22-25/h1-6,11H,7-10,12H2,(H,22,28). The zero-order valence-electron chi connectivity index (χ0n) is 16.3. The number of carbonyl (C=O) groups excluding carboxylic acids is 1. The fourth-order valence-corrected chi connectivity index (χ4v) is 3.87. The van der Waals surface area contributed by atoms with E-state index in [0.717, 1.165) is 4.68 Å². The Hall–Kier alpha value is -3.66. The van der Waals surface area contributed by atoms with Crippen LogP contribution in [0, 0.1) is 10.1 Å². The van der Waals surface area contributed by atoms with E-state index >= 15 is 0 Å². The number of nitrogens with one attached hydrogen (secondary N) is 1. The summed E-state index contributed by atoms with van der Waals surface area (Å²) in [5.74, 6) is -0.321. The molecule has 0 aliphatic carbocycles. The van der Waals surface area contributed by atoms with E-state index in [1.54, 1.807) is 41.3 Å². The maximum atomic E-state index is 12.7. The molecule has 1 fully saturated rings. The van der Waals surface area contributed by atoms with E-state index in [2.05, 4.69) is 5.10 Å². The van der Waals surface area contributed by atoms with E-state index in [0.29, 0.717) is 31.9 Å².